The van der Waals surface area contributed by atoms with Gasteiger partial charge >= 0.3 is 0 Å². The van der Waals surface area contributed by atoms with Crippen LogP contribution in [0.4, 0.5) is 0 Å². The lowest BCUT2D eigenvalue weighted by Gasteiger charge is -2.08. The van der Waals surface area contributed by atoms with Crippen LogP contribution in [-0.2, 0) is 0 Å². The Labute approximate surface area is 118 Å². The van der Waals surface area contributed by atoms with E-state index >= 15 is 0 Å². The molecule has 19 heavy (non-hydrogen) atoms. The van der Waals surface area contributed by atoms with Crippen LogP contribution in [0.1, 0.15) is 48.9 Å². The molecule has 1 aliphatic heterocycles. The number of rotatable bonds is 2. The number of thioether (sulfide) groups is 1. The van der Waals surface area contributed by atoms with Gasteiger partial charge in [0.05, 0.1) is 0 Å². The first-order valence-corrected chi connectivity index (χ1v) is 8.06. The van der Waals surface area contributed by atoms with Crippen LogP contribution in [0.15, 0.2) is 34.2 Å². The monoisotopic (exact) mass is 273 g/mol. The van der Waals surface area contributed by atoms with E-state index in [4.69, 9.17) is 4.99 Å². The molecule has 2 aliphatic rings. The highest BCUT2D eigenvalue weighted by Gasteiger charge is 2.29. The number of hydrogen-bond acceptors (Lipinski definition) is 3. The van der Waals surface area contributed by atoms with Crippen molar-refractivity contribution in [3.8, 4) is 0 Å². The Bertz CT molecular complexity index is 489. The number of fused-ring (bicyclic) bond motifs is 1. The van der Waals surface area contributed by atoms with Crippen molar-refractivity contribution in [2.75, 3.05) is 0 Å². The zero-order chi connectivity index (χ0) is 13.1. The van der Waals surface area contributed by atoms with Crippen molar-refractivity contribution in [2.24, 2.45) is 4.99 Å². The first-order chi connectivity index (χ1) is 9.34. The van der Waals surface area contributed by atoms with Crippen LogP contribution < -0.4 is 0 Å². The van der Waals surface area contributed by atoms with Crippen molar-refractivity contribution in [1.82, 2.24) is 0 Å². The first kappa shape index (κ1) is 12.9. The van der Waals surface area contributed by atoms with Crippen LogP contribution in [0, 0.1) is 0 Å². The number of ketones is 1. The molecule has 1 saturated carbocycles. The molecule has 0 bridgehead atoms. The lowest BCUT2D eigenvalue weighted by atomic mass is 10.1. The van der Waals surface area contributed by atoms with Crippen molar-refractivity contribution < 1.29 is 4.79 Å². The number of nitrogens with zero attached hydrogens (tertiary/aromatic N) is 1. The van der Waals surface area contributed by atoms with Gasteiger partial charge in [0.25, 0.3) is 0 Å². The van der Waals surface area contributed by atoms with E-state index in [1.54, 1.807) is 11.8 Å². The average Bonchev–Trinajstić information content (AvgIpc) is 2.63. The van der Waals surface area contributed by atoms with Crippen LogP contribution >= 0.6 is 11.8 Å². The molecule has 0 radical (unpaired) electrons. The molecule has 0 saturated heterocycles. The van der Waals surface area contributed by atoms with Gasteiger partial charge in [0.1, 0.15) is 5.25 Å². The Kier molecular flexibility index (Phi) is 4.02. The molecular formula is C16H19NOS. The topological polar surface area (TPSA) is 29.4 Å². The summed E-state index contributed by atoms with van der Waals surface area (Å²) in [6, 6.07) is 8.31. The quantitative estimate of drug-likeness (QED) is 0.598. The highest BCUT2D eigenvalue weighted by atomic mass is 32.2. The van der Waals surface area contributed by atoms with Gasteiger partial charge in [-0.25, -0.2) is 0 Å². The summed E-state index contributed by atoms with van der Waals surface area (Å²) in [7, 11) is 0. The van der Waals surface area contributed by atoms with E-state index in [9.17, 15) is 4.79 Å². The minimum absolute atomic E-state index is 0.0966. The summed E-state index contributed by atoms with van der Waals surface area (Å²) in [5.41, 5.74) is 0.866. The van der Waals surface area contributed by atoms with Gasteiger partial charge in [0.15, 0.2) is 5.78 Å². The summed E-state index contributed by atoms with van der Waals surface area (Å²) in [4.78, 5) is 18.0. The van der Waals surface area contributed by atoms with Crippen LogP contribution in [0.2, 0.25) is 0 Å². The summed E-state index contributed by atoms with van der Waals surface area (Å²) in [5, 5.41) is -0.0966. The third-order valence-electron chi connectivity index (χ3n) is 3.92. The Balaban J connectivity index is 1.67. The van der Waals surface area contributed by atoms with Gasteiger partial charge in [-0.2, -0.15) is 0 Å². The third-order valence-corrected chi connectivity index (χ3v) is 5.12. The molecule has 1 heterocycles. The first-order valence-electron chi connectivity index (χ1n) is 7.18. The number of Topliss-reactive ketones (excluding diaryl/α,β-unsaturated/α-hetero) is 1. The fourth-order valence-corrected chi connectivity index (χ4v) is 3.91. The minimum atomic E-state index is -0.0966. The molecular weight excluding hydrogens is 254 g/mol. The van der Waals surface area contributed by atoms with Gasteiger partial charge in [-0.3, -0.25) is 9.79 Å². The molecule has 0 aromatic heterocycles. The maximum atomic E-state index is 12.2. The minimum Gasteiger partial charge on any atom is -0.293 e. The van der Waals surface area contributed by atoms with Crippen molar-refractivity contribution in [1.29, 1.82) is 0 Å². The number of benzene rings is 1. The fourth-order valence-electron chi connectivity index (χ4n) is 2.82. The smallest absolute Gasteiger partial charge is 0.182 e. The average molecular weight is 273 g/mol. The molecule has 100 valence electrons. The summed E-state index contributed by atoms with van der Waals surface area (Å²) >= 11 is 1.64. The molecule has 2 nitrogen and oxygen atoms in total. The molecule has 0 unspecified atom stereocenters. The van der Waals surface area contributed by atoms with Crippen molar-refractivity contribution in [3.63, 3.8) is 0 Å². The van der Waals surface area contributed by atoms with Crippen molar-refractivity contribution >= 4 is 23.8 Å². The maximum Gasteiger partial charge on any atom is 0.182 e. The molecule has 0 spiro atoms. The van der Waals surface area contributed by atoms with Gasteiger partial charge in [0.2, 0.25) is 0 Å². The number of carbonyl (C=O) groups excluding carboxylic acids is 1. The Morgan fingerprint density at radius 3 is 2.58 bits per heavy atom. The predicted molar refractivity (Wildman–Crippen MR) is 80.4 cm³/mol. The highest BCUT2D eigenvalue weighted by molar-refractivity contribution is 8.02. The summed E-state index contributed by atoms with van der Waals surface area (Å²) in [5.74, 6) is 0.220. The molecule has 1 aromatic carbocycles. The standard InChI is InChI=1S/C16H19NOS/c18-16-13-9-5-6-10-14(13)19-15(16)11-17-12-7-3-1-2-4-8-12/h5-6,9-12,15H,1-4,7-8H2/t15-/m1/s1. The van der Waals surface area contributed by atoms with Gasteiger partial charge in [-0.05, 0) is 18.9 Å². The van der Waals surface area contributed by atoms with Crippen LogP contribution in [0.3, 0.4) is 0 Å². The van der Waals surface area contributed by atoms with Gasteiger partial charge in [0, 0.05) is 22.7 Å². The van der Waals surface area contributed by atoms with Crippen molar-refractivity contribution in [3.05, 3.63) is 29.8 Å². The molecule has 0 amide bonds. The van der Waals surface area contributed by atoms with E-state index in [1.165, 1.54) is 38.5 Å². The second kappa shape index (κ2) is 5.91. The van der Waals surface area contributed by atoms with E-state index < -0.39 is 0 Å². The molecule has 1 aromatic rings. The van der Waals surface area contributed by atoms with E-state index in [-0.39, 0.29) is 11.0 Å². The van der Waals surface area contributed by atoms with E-state index in [0.717, 1.165) is 10.5 Å². The molecule has 0 N–H and O–H groups in total. The second-order valence-electron chi connectivity index (χ2n) is 5.34. The summed E-state index contributed by atoms with van der Waals surface area (Å²) in [6.07, 6.45) is 9.54. The largest absolute Gasteiger partial charge is 0.293 e. The van der Waals surface area contributed by atoms with Crippen LogP contribution in [0.25, 0.3) is 0 Å². The van der Waals surface area contributed by atoms with Gasteiger partial charge in [-0.15, -0.1) is 11.8 Å². The lowest BCUT2D eigenvalue weighted by molar-refractivity contribution is 0.101. The SMILES string of the molecule is O=C1c2ccccc2S[C@@H]1C=NC1CCCCCC1. The second-order valence-corrected chi connectivity index (χ2v) is 6.53. The number of hydrogen-bond donors (Lipinski definition) is 0. The highest BCUT2D eigenvalue weighted by Crippen LogP contribution is 2.36. The molecule has 3 heteroatoms. The molecule has 3 rings (SSSR count). The molecule has 1 atom stereocenters. The number of carbonyl (C=O) groups is 1. The summed E-state index contributed by atoms with van der Waals surface area (Å²) in [6.45, 7) is 0. The van der Waals surface area contributed by atoms with Gasteiger partial charge < -0.3 is 0 Å². The third kappa shape index (κ3) is 2.92. The molecule has 1 fully saturated rings. The van der Waals surface area contributed by atoms with Gasteiger partial charge in [-0.1, -0.05) is 43.9 Å². The fraction of sp³-hybridized carbons (Fsp3) is 0.500. The predicted octanol–water partition coefficient (Wildman–Crippen LogP) is 4.14. The zero-order valence-electron chi connectivity index (χ0n) is 11.0. The van der Waals surface area contributed by atoms with E-state index in [0.29, 0.717) is 6.04 Å². The maximum absolute atomic E-state index is 12.2. The zero-order valence-corrected chi connectivity index (χ0v) is 11.9. The lowest BCUT2D eigenvalue weighted by Crippen LogP contribution is -2.15. The molecule has 1 aliphatic carbocycles. The van der Waals surface area contributed by atoms with E-state index in [2.05, 4.69) is 0 Å². The Hall–Kier alpha value is -1.09. The Morgan fingerprint density at radius 1 is 1.11 bits per heavy atom. The van der Waals surface area contributed by atoms with Crippen LogP contribution in [0.5, 0.6) is 0 Å². The number of aliphatic imine (C=N–C) groups is 1. The van der Waals surface area contributed by atoms with Crippen LogP contribution in [-0.4, -0.2) is 23.3 Å². The normalized spacial score (nSPS) is 24.6. The van der Waals surface area contributed by atoms with E-state index in [1.807, 2.05) is 30.5 Å². The summed E-state index contributed by atoms with van der Waals surface area (Å²) < 4.78 is 0. The Morgan fingerprint density at radius 2 is 1.84 bits per heavy atom. The van der Waals surface area contributed by atoms with Crippen molar-refractivity contribution in [2.45, 2.75) is 54.7 Å².